The Morgan fingerprint density at radius 2 is 1.00 bits per heavy atom. The first-order valence-electron chi connectivity index (χ1n) is 5.14. The summed E-state index contributed by atoms with van der Waals surface area (Å²) < 4.78 is 28.7. The van der Waals surface area contributed by atoms with Crippen LogP contribution in [0.15, 0.2) is 60.7 Å². The molecule has 2 aromatic carbocycles. The number of hydrogen-bond acceptors (Lipinski definition) is 3. The number of rotatable bonds is 4. The highest BCUT2D eigenvalue weighted by atomic mass is 31.2. The summed E-state index contributed by atoms with van der Waals surface area (Å²) >= 11 is 0. The first-order chi connectivity index (χ1) is 8.27. The van der Waals surface area contributed by atoms with Crippen LogP contribution in [0.25, 0.3) is 0 Å². The van der Waals surface area contributed by atoms with Crippen molar-refractivity contribution in [1.82, 2.24) is 0 Å². The Labute approximate surface area is 101 Å². The van der Waals surface area contributed by atoms with Crippen LogP contribution in [0.2, 0.25) is 0 Å². The van der Waals surface area contributed by atoms with Crippen LogP contribution in [0.5, 0.6) is 0 Å². The van der Waals surface area contributed by atoms with Crippen LogP contribution in [0.3, 0.4) is 0 Å². The third-order valence-electron chi connectivity index (χ3n) is 2.20. The largest absolute Gasteiger partial charge is 0.291 e. The molecule has 0 saturated heterocycles. The van der Waals surface area contributed by atoms with Crippen molar-refractivity contribution in [2.45, 2.75) is 0 Å². The predicted octanol–water partition coefficient (Wildman–Crippen LogP) is 2.60. The van der Waals surface area contributed by atoms with Gasteiger partial charge in [-0.3, -0.25) is 13.4 Å². The molecule has 0 heterocycles. The van der Waals surface area contributed by atoms with E-state index in [0.717, 1.165) is 0 Å². The Morgan fingerprint density at radius 1 is 0.647 bits per heavy atom. The first-order valence-corrected chi connectivity index (χ1v) is 7.77. The average molecular weight is 266 g/mol. The van der Waals surface area contributed by atoms with Crippen molar-refractivity contribution in [3.05, 3.63) is 60.7 Å². The van der Waals surface area contributed by atoms with Crippen molar-refractivity contribution < 1.29 is 13.4 Å². The van der Waals surface area contributed by atoms with Gasteiger partial charge in [0.2, 0.25) is 16.1 Å². The molecule has 0 radical (unpaired) electrons. The van der Waals surface area contributed by atoms with Gasteiger partial charge in [-0.15, -0.1) is 0 Å². The molecule has 0 saturated carbocycles. The van der Waals surface area contributed by atoms with Gasteiger partial charge >= 0.3 is 0 Å². The maximum absolute atomic E-state index is 11.8. The monoisotopic (exact) mass is 266 g/mol. The fourth-order valence-electron chi connectivity index (χ4n) is 1.35. The summed E-state index contributed by atoms with van der Waals surface area (Å²) in [4.78, 5) is 0. The van der Waals surface area contributed by atoms with E-state index in [1.807, 2.05) is 12.1 Å². The summed E-state index contributed by atoms with van der Waals surface area (Å²) in [6.45, 7) is 0. The fourth-order valence-corrected chi connectivity index (χ4v) is 3.90. The van der Waals surface area contributed by atoms with Crippen molar-refractivity contribution in [3.8, 4) is 0 Å². The highest BCUT2D eigenvalue weighted by molar-refractivity contribution is 7.61. The molecule has 2 atom stereocenters. The van der Waals surface area contributed by atoms with E-state index in [1.165, 1.54) is 0 Å². The third kappa shape index (κ3) is 3.41. The molecule has 0 fully saturated rings. The van der Waals surface area contributed by atoms with Gasteiger partial charge in [-0.2, -0.15) is 0 Å². The van der Waals surface area contributed by atoms with E-state index in [0.29, 0.717) is 10.6 Å². The van der Waals surface area contributed by atoms with Crippen LogP contribution in [0.1, 0.15) is 0 Å². The van der Waals surface area contributed by atoms with E-state index in [1.54, 1.807) is 48.5 Å². The Bertz CT molecular complexity index is 476. The molecule has 0 amide bonds. The molecule has 0 aliphatic rings. The summed E-state index contributed by atoms with van der Waals surface area (Å²) in [5.41, 5.74) is 0. The summed E-state index contributed by atoms with van der Waals surface area (Å²) in [5, 5.41) is 1.18. The van der Waals surface area contributed by atoms with E-state index in [-0.39, 0.29) is 0 Å². The fraction of sp³-hybridized carbons (Fsp3) is 0. The molecule has 2 unspecified atom stereocenters. The topological polar surface area (TPSA) is 43.4 Å². The van der Waals surface area contributed by atoms with Gasteiger partial charge in [-0.25, -0.2) is 0 Å². The summed E-state index contributed by atoms with van der Waals surface area (Å²) in [6, 6.07) is 17.6. The zero-order valence-corrected chi connectivity index (χ0v) is 11.0. The van der Waals surface area contributed by atoms with E-state index in [4.69, 9.17) is 4.31 Å². The second kappa shape index (κ2) is 5.97. The Morgan fingerprint density at radius 3 is 1.35 bits per heavy atom. The van der Waals surface area contributed by atoms with Crippen LogP contribution in [0, 0.1) is 0 Å². The van der Waals surface area contributed by atoms with Crippen molar-refractivity contribution in [3.63, 3.8) is 0 Å². The van der Waals surface area contributed by atoms with Gasteiger partial charge in [0.1, 0.15) is 0 Å². The van der Waals surface area contributed by atoms with Crippen LogP contribution >= 0.6 is 16.1 Å². The first kappa shape index (κ1) is 12.3. The van der Waals surface area contributed by atoms with Gasteiger partial charge in [0, 0.05) is 10.6 Å². The van der Waals surface area contributed by atoms with Crippen LogP contribution in [-0.2, 0) is 13.4 Å². The lowest BCUT2D eigenvalue weighted by molar-refractivity contribution is 0.501. The molecular formula is C12H12O3P2. The minimum Gasteiger partial charge on any atom is -0.291 e. The highest BCUT2D eigenvalue weighted by Gasteiger charge is 2.09. The lowest BCUT2D eigenvalue weighted by Gasteiger charge is -2.04. The summed E-state index contributed by atoms with van der Waals surface area (Å²) in [7, 11) is -4.86. The molecule has 3 nitrogen and oxygen atoms in total. The predicted molar refractivity (Wildman–Crippen MR) is 71.2 cm³/mol. The van der Waals surface area contributed by atoms with Crippen LogP contribution in [-0.4, -0.2) is 0 Å². The molecule has 0 bridgehead atoms. The summed E-state index contributed by atoms with van der Waals surface area (Å²) in [5.74, 6) is 0. The molecule has 0 aliphatic heterocycles. The average Bonchev–Trinajstić information content (AvgIpc) is 2.40. The molecule has 2 aromatic rings. The molecule has 0 aromatic heterocycles. The van der Waals surface area contributed by atoms with E-state index < -0.39 is 16.1 Å². The number of hydrogen-bond donors (Lipinski definition) is 0. The lowest BCUT2D eigenvalue weighted by atomic mass is 10.4. The Hall–Kier alpha value is -1.14. The standard InChI is InChI=1S/C12H12O3P2/c13-16(11-7-3-1-4-8-11)15-17(14)12-9-5-2-6-10-12/h1-10,16-17H. The molecule has 88 valence electrons. The van der Waals surface area contributed by atoms with Crippen molar-refractivity contribution in [1.29, 1.82) is 0 Å². The van der Waals surface area contributed by atoms with Crippen LogP contribution in [0.4, 0.5) is 0 Å². The molecule has 5 heteroatoms. The second-order valence-electron chi connectivity index (χ2n) is 3.41. The minimum absolute atomic E-state index is 0.590. The molecule has 2 rings (SSSR count). The van der Waals surface area contributed by atoms with Gasteiger partial charge in [-0.05, 0) is 24.3 Å². The molecular weight excluding hydrogens is 254 g/mol. The zero-order valence-electron chi connectivity index (χ0n) is 9.00. The van der Waals surface area contributed by atoms with Gasteiger partial charge in [0.15, 0.2) is 0 Å². The SMILES string of the molecule is O=[PH](O[PH](=O)c1ccccc1)c1ccccc1. The maximum Gasteiger partial charge on any atom is 0.226 e. The van der Waals surface area contributed by atoms with E-state index >= 15 is 0 Å². The molecule has 0 spiro atoms. The van der Waals surface area contributed by atoms with Crippen LogP contribution < -0.4 is 10.6 Å². The Balaban J connectivity index is 2.08. The van der Waals surface area contributed by atoms with Crippen molar-refractivity contribution in [2.75, 3.05) is 0 Å². The summed E-state index contributed by atoms with van der Waals surface area (Å²) in [6.07, 6.45) is 0. The van der Waals surface area contributed by atoms with Gasteiger partial charge in [0.05, 0.1) is 0 Å². The number of benzene rings is 2. The van der Waals surface area contributed by atoms with Crippen molar-refractivity contribution in [2.24, 2.45) is 0 Å². The van der Waals surface area contributed by atoms with E-state index in [2.05, 4.69) is 0 Å². The van der Waals surface area contributed by atoms with Crippen molar-refractivity contribution >= 4 is 26.7 Å². The van der Waals surface area contributed by atoms with E-state index in [9.17, 15) is 9.13 Å². The Kier molecular flexibility index (Phi) is 4.33. The molecule has 0 aliphatic carbocycles. The smallest absolute Gasteiger partial charge is 0.226 e. The molecule has 17 heavy (non-hydrogen) atoms. The highest BCUT2D eigenvalue weighted by Crippen LogP contribution is 2.36. The zero-order chi connectivity index (χ0) is 12.1. The van der Waals surface area contributed by atoms with Gasteiger partial charge in [0.25, 0.3) is 0 Å². The quantitative estimate of drug-likeness (QED) is 0.799. The third-order valence-corrected chi connectivity index (χ3v) is 5.30. The minimum atomic E-state index is -2.43. The maximum atomic E-state index is 11.8. The molecule has 0 N–H and O–H groups in total. The lowest BCUT2D eigenvalue weighted by Crippen LogP contribution is -1.98. The van der Waals surface area contributed by atoms with Gasteiger partial charge in [-0.1, -0.05) is 36.4 Å². The normalized spacial score (nSPS) is 14.1. The van der Waals surface area contributed by atoms with Gasteiger partial charge < -0.3 is 0 Å². The second-order valence-corrected chi connectivity index (χ2v) is 6.53.